The molecule has 0 unspecified atom stereocenters. The van der Waals surface area contributed by atoms with Crippen LogP contribution >= 0.6 is 22.7 Å². The second-order valence-corrected chi connectivity index (χ2v) is 12.1. The first kappa shape index (κ1) is 26.3. The number of hydrogen-bond acceptors (Lipinski definition) is 8. The molecule has 1 aliphatic rings. The Hall–Kier alpha value is -2.80. The third-order valence-corrected chi connectivity index (χ3v) is 8.34. The number of nitrogens with zero attached hydrogens (tertiary/aromatic N) is 2. The summed E-state index contributed by atoms with van der Waals surface area (Å²) in [6.45, 7) is 2.44. The number of thiazole rings is 1. The van der Waals surface area contributed by atoms with Crippen LogP contribution in [0.3, 0.4) is 0 Å². The van der Waals surface area contributed by atoms with Crippen molar-refractivity contribution in [2.45, 2.75) is 44.6 Å². The minimum atomic E-state index is -4.20. The molecule has 2 aromatic heterocycles. The highest BCUT2D eigenvalue weighted by Crippen LogP contribution is 2.50. The molecule has 0 spiro atoms. The van der Waals surface area contributed by atoms with Crippen LogP contribution in [0.1, 0.15) is 50.8 Å². The lowest BCUT2D eigenvalue weighted by molar-refractivity contribution is -0.134. The maximum absolute atomic E-state index is 13.9. The van der Waals surface area contributed by atoms with Gasteiger partial charge < -0.3 is 9.64 Å². The number of aryl methyl sites for hydroxylation is 2. The Kier molecular flexibility index (Phi) is 7.79. The molecule has 9 nitrogen and oxygen atoms in total. The lowest BCUT2D eigenvalue weighted by Gasteiger charge is -2.27. The molecular formula is C24H28N4O5S3. The van der Waals surface area contributed by atoms with Gasteiger partial charge in [-0.1, -0.05) is 12.1 Å². The van der Waals surface area contributed by atoms with Crippen LogP contribution in [-0.4, -0.2) is 43.8 Å². The van der Waals surface area contributed by atoms with Gasteiger partial charge in [-0.2, -0.15) is 19.8 Å². The van der Waals surface area contributed by atoms with E-state index in [0.29, 0.717) is 16.4 Å². The summed E-state index contributed by atoms with van der Waals surface area (Å²) < 4.78 is 29.5. The fourth-order valence-electron chi connectivity index (χ4n) is 4.20. The fraction of sp³-hybridized carbons (Fsp3) is 0.375. The minimum absolute atomic E-state index is 0.00835. The van der Waals surface area contributed by atoms with Crippen molar-refractivity contribution in [2.75, 3.05) is 13.7 Å². The van der Waals surface area contributed by atoms with Crippen LogP contribution in [0.5, 0.6) is 5.75 Å². The van der Waals surface area contributed by atoms with Gasteiger partial charge in [-0.05, 0) is 72.7 Å². The number of ether oxygens (including phenoxy) is 1. The number of hydrogen-bond donors (Lipinski definition) is 2. The van der Waals surface area contributed by atoms with Crippen molar-refractivity contribution >= 4 is 44.7 Å². The smallest absolute Gasteiger partial charge is 0.299 e. The normalized spacial score (nSPS) is 14.3. The standard InChI is InChI=1S/C24H28N4O5S3/c1-16-21(22(29)27-36(25,31)32)26-20(35-16)14-28(12-3-4-17-9-13-34-15-17)23(30)24(10-11-24)18-5-7-19(33-2)8-6-18/h5-9,13,15H,3-4,10-12,14H2,1-2H3,(H,27,29)(H2,25,31,32). The van der Waals surface area contributed by atoms with E-state index in [4.69, 9.17) is 9.88 Å². The molecule has 2 heterocycles. The number of carbonyl (C=O) groups is 2. The molecule has 0 radical (unpaired) electrons. The number of nitrogens with one attached hydrogen (secondary N) is 1. The van der Waals surface area contributed by atoms with E-state index in [1.807, 2.05) is 34.5 Å². The fourth-order valence-corrected chi connectivity index (χ4v) is 6.20. The van der Waals surface area contributed by atoms with Gasteiger partial charge >= 0.3 is 0 Å². The van der Waals surface area contributed by atoms with Crippen LogP contribution in [0.15, 0.2) is 41.1 Å². The summed E-state index contributed by atoms with van der Waals surface area (Å²) in [5.41, 5.74) is 1.61. The molecule has 1 aromatic carbocycles. The van der Waals surface area contributed by atoms with Gasteiger partial charge in [-0.3, -0.25) is 9.59 Å². The van der Waals surface area contributed by atoms with E-state index >= 15 is 0 Å². The molecular weight excluding hydrogens is 520 g/mol. The van der Waals surface area contributed by atoms with Gasteiger partial charge in [0, 0.05) is 11.4 Å². The summed E-state index contributed by atoms with van der Waals surface area (Å²) in [7, 11) is -2.60. The quantitative estimate of drug-likeness (QED) is 0.378. The summed E-state index contributed by atoms with van der Waals surface area (Å²) >= 11 is 2.91. The Morgan fingerprint density at radius 3 is 2.53 bits per heavy atom. The molecule has 36 heavy (non-hydrogen) atoms. The van der Waals surface area contributed by atoms with Crippen LogP contribution in [-0.2, 0) is 33.4 Å². The number of thiophene rings is 1. The van der Waals surface area contributed by atoms with E-state index in [0.717, 1.165) is 37.0 Å². The summed E-state index contributed by atoms with van der Waals surface area (Å²) in [5.74, 6) is -0.121. The number of nitrogens with two attached hydrogens (primary N) is 1. The number of benzene rings is 1. The van der Waals surface area contributed by atoms with Gasteiger partial charge in [0.05, 0.1) is 19.1 Å². The second-order valence-electron chi connectivity index (χ2n) is 8.76. The zero-order valence-electron chi connectivity index (χ0n) is 20.0. The van der Waals surface area contributed by atoms with Gasteiger partial charge in [0.1, 0.15) is 16.5 Å². The van der Waals surface area contributed by atoms with Gasteiger partial charge in [-0.15, -0.1) is 11.3 Å². The highest BCUT2D eigenvalue weighted by atomic mass is 32.2. The van der Waals surface area contributed by atoms with Crippen molar-refractivity contribution in [1.29, 1.82) is 0 Å². The zero-order valence-corrected chi connectivity index (χ0v) is 22.5. The van der Waals surface area contributed by atoms with Crippen molar-refractivity contribution in [3.8, 4) is 5.75 Å². The first-order valence-corrected chi connectivity index (χ1v) is 14.7. The summed E-state index contributed by atoms with van der Waals surface area (Å²) in [5, 5.41) is 9.63. The molecule has 4 rings (SSSR count). The van der Waals surface area contributed by atoms with Crippen LogP contribution in [0.2, 0.25) is 0 Å². The van der Waals surface area contributed by atoms with E-state index in [1.54, 1.807) is 30.1 Å². The maximum Gasteiger partial charge on any atom is 0.299 e. The average Bonchev–Trinajstić information content (AvgIpc) is 3.31. The van der Waals surface area contributed by atoms with Crippen LogP contribution in [0.4, 0.5) is 0 Å². The van der Waals surface area contributed by atoms with Gasteiger partial charge in [0.15, 0.2) is 0 Å². The lowest BCUT2D eigenvalue weighted by Crippen LogP contribution is -2.39. The SMILES string of the molecule is COc1ccc(C2(C(=O)N(CCCc3ccsc3)Cc3nc(C(=O)NS(N)(=O)=O)c(C)s3)CC2)cc1. The van der Waals surface area contributed by atoms with Gasteiger partial charge in [0.25, 0.3) is 16.1 Å². The number of carbonyl (C=O) groups excluding carboxylic acids is 2. The maximum atomic E-state index is 13.9. The third-order valence-electron chi connectivity index (χ3n) is 6.18. The van der Waals surface area contributed by atoms with E-state index in [-0.39, 0.29) is 18.1 Å². The summed E-state index contributed by atoms with van der Waals surface area (Å²) in [6.07, 6.45) is 3.15. The van der Waals surface area contributed by atoms with Crippen molar-refractivity contribution in [2.24, 2.45) is 5.14 Å². The minimum Gasteiger partial charge on any atom is -0.497 e. The molecule has 1 aliphatic carbocycles. The number of rotatable bonds is 11. The molecule has 2 amide bonds. The number of methoxy groups -OCH3 is 1. The molecule has 0 atom stereocenters. The Morgan fingerprint density at radius 1 is 1.22 bits per heavy atom. The largest absolute Gasteiger partial charge is 0.497 e. The first-order valence-electron chi connectivity index (χ1n) is 11.4. The van der Waals surface area contributed by atoms with Crippen molar-refractivity contribution in [3.63, 3.8) is 0 Å². The van der Waals surface area contributed by atoms with Crippen LogP contribution in [0.25, 0.3) is 0 Å². The molecule has 0 aliphatic heterocycles. The molecule has 3 aromatic rings. The monoisotopic (exact) mass is 548 g/mol. The Balaban J connectivity index is 1.55. The molecule has 3 N–H and O–H groups in total. The summed E-state index contributed by atoms with van der Waals surface area (Å²) in [4.78, 5) is 32.9. The van der Waals surface area contributed by atoms with Crippen LogP contribution < -0.4 is 14.6 Å². The Morgan fingerprint density at radius 2 is 1.94 bits per heavy atom. The molecule has 0 saturated heterocycles. The second kappa shape index (κ2) is 10.7. The predicted octanol–water partition coefficient (Wildman–Crippen LogP) is 3.15. The van der Waals surface area contributed by atoms with Crippen LogP contribution in [0, 0.1) is 6.92 Å². The summed E-state index contributed by atoms with van der Waals surface area (Å²) in [6, 6.07) is 9.69. The average molecular weight is 549 g/mol. The van der Waals surface area contributed by atoms with Gasteiger partial charge in [-0.25, -0.2) is 14.8 Å². The molecule has 0 bridgehead atoms. The van der Waals surface area contributed by atoms with Gasteiger partial charge in [0.2, 0.25) is 5.91 Å². The first-order chi connectivity index (χ1) is 17.1. The third kappa shape index (κ3) is 6.12. The predicted molar refractivity (Wildman–Crippen MR) is 139 cm³/mol. The molecule has 1 saturated carbocycles. The zero-order chi connectivity index (χ0) is 25.9. The number of amides is 2. The number of aromatic nitrogens is 1. The lowest BCUT2D eigenvalue weighted by atomic mass is 9.94. The van der Waals surface area contributed by atoms with E-state index in [2.05, 4.69) is 16.4 Å². The Labute approximate surface area is 218 Å². The van der Waals surface area contributed by atoms with E-state index in [9.17, 15) is 18.0 Å². The van der Waals surface area contributed by atoms with E-state index < -0.39 is 21.5 Å². The topological polar surface area (TPSA) is 132 Å². The molecule has 12 heteroatoms. The van der Waals surface area contributed by atoms with Crippen molar-refractivity contribution in [1.82, 2.24) is 14.6 Å². The molecule has 1 fully saturated rings. The van der Waals surface area contributed by atoms with Crippen molar-refractivity contribution < 1.29 is 22.7 Å². The Bertz CT molecular complexity index is 1330. The highest BCUT2D eigenvalue weighted by Gasteiger charge is 2.53. The van der Waals surface area contributed by atoms with E-state index in [1.165, 1.54) is 16.9 Å². The van der Waals surface area contributed by atoms with Crippen molar-refractivity contribution in [3.05, 3.63) is 67.8 Å². The molecule has 192 valence electrons. The highest BCUT2D eigenvalue weighted by molar-refractivity contribution is 7.87.